The highest BCUT2D eigenvalue weighted by Gasteiger charge is 2.15. The molecule has 0 bridgehead atoms. The second-order valence-electron chi connectivity index (χ2n) is 4.24. The molecule has 0 aliphatic carbocycles. The van der Waals surface area contributed by atoms with Crippen molar-refractivity contribution in [1.29, 1.82) is 0 Å². The molecule has 1 aromatic heterocycles. The largest absolute Gasteiger partial charge is 0.309 e. The molecule has 0 aliphatic rings. The maximum Gasteiger partial charge on any atom is 0.0671 e. The Labute approximate surface area is 108 Å². The van der Waals surface area contributed by atoms with Crippen LogP contribution in [0.4, 0.5) is 0 Å². The van der Waals surface area contributed by atoms with Gasteiger partial charge in [0.1, 0.15) is 0 Å². The van der Waals surface area contributed by atoms with Gasteiger partial charge in [0.2, 0.25) is 0 Å². The Morgan fingerprint density at radius 2 is 1.94 bits per heavy atom. The van der Waals surface area contributed by atoms with Crippen molar-refractivity contribution in [3.05, 3.63) is 57.3 Å². The summed E-state index contributed by atoms with van der Waals surface area (Å²) in [5.41, 5.74) is 2.72. The lowest BCUT2D eigenvalue weighted by atomic mass is 10.0. The second kappa shape index (κ2) is 5.48. The molecular weight excluding hydrogens is 226 g/mol. The zero-order valence-electron chi connectivity index (χ0n) is 10.7. The summed E-state index contributed by atoms with van der Waals surface area (Å²) in [7, 11) is 2.03. The molecule has 1 aromatic carbocycles. The molecule has 2 rings (SSSR count). The topological polar surface area (TPSA) is 12.0 Å². The number of rotatable bonds is 4. The molecule has 17 heavy (non-hydrogen) atoms. The van der Waals surface area contributed by atoms with Crippen LogP contribution in [-0.4, -0.2) is 7.05 Å². The van der Waals surface area contributed by atoms with E-state index in [1.165, 1.54) is 20.9 Å². The minimum absolute atomic E-state index is 0.321. The summed E-state index contributed by atoms with van der Waals surface area (Å²) in [6, 6.07) is 13.4. The van der Waals surface area contributed by atoms with Gasteiger partial charge in [-0.1, -0.05) is 31.2 Å². The maximum atomic E-state index is 3.42. The average Bonchev–Trinajstić information content (AvgIpc) is 2.81. The first-order chi connectivity index (χ1) is 8.26. The SMILES string of the molecule is CCc1ccc(C(NC)c2ccccc2C)s1. The summed E-state index contributed by atoms with van der Waals surface area (Å²) < 4.78 is 0. The lowest BCUT2D eigenvalue weighted by Crippen LogP contribution is -2.17. The molecule has 2 aromatic rings. The van der Waals surface area contributed by atoms with Crippen molar-refractivity contribution in [2.45, 2.75) is 26.3 Å². The van der Waals surface area contributed by atoms with E-state index in [4.69, 9.17) is 0 Å². The van der Waals surface area contributed by atoms with Gasteiger partial charge < -0.3 is 5.32 Å². The molecule has 1 atom stereocenters. The molecule has 2 heteroatoms. The molecule has 1 unspecified atom stereocenters. The molecule has 0 saturated carbocycles. The van der Waals surface area contributed by atoms with Crippen LogP contribution >= 0.6 is 11.3 Å². The molecule has 1 nitrogen and oxygen atoms in total. The number of thiophene rings is 1. The molecule has 0 spiro atoms. The number of aryl methyl sites for hydroxylation is 2. The van der Waals surface area contributed by atoms with E-state index < -0.39 is 0 Å². The Hall–Kier alpha value is -1.12. The fraction of sp³-hybridized carbons (Fsp3) is 0.333. The highest BCUT2D eigenvalue weighted by atomic mass is 32.1. The quantitative estimate of drug-likeness (QED) is 0.860. The van der Waals surface area contributed by atoms with Crippen molar-refractivity contribution < 1.29 is 0 Å². The monoisotopic (exact) mass is 245 g/mol. The predicted octanol–water partition coefficient (Wildman–Crippen LogP) is 3.93. The van der Waals surface area contributed by atoms with E-state index in [0.29, 0.717) is 6.04 Å². The molecular formula is C15H19NS. The van der Waals surface area contributed by atoms with Crippen molar-refractivity contribution in [2.75, 3.05) is 7.05 Å². The van der Waals surface area contributed by atoms with E-state index in [1.54, 1.807) is 0 Å². The van der Waals surface area contributed by atoms with Gasteiger partial charge in [-0.2, -0.15) is 0 Å². The first kappa shape index (κ1) is 12.3. The van der Waals surface area contributed by atoms with Crippen LogP contribution in [0.3, 0.4) is 0 Å². The van der Waals surface area contributed by atoms with Gasteiger partial charge in [-0.25, -0.2) is 0 Å². The lowest BCUT2D eigenvalue weighted by Gasteiger charge is -2.17. The number of hydrogen-bond acceptors (Lipinski definition) is 2. The van der Waals surface area contributed by atoms with E-state index in [0.717, 1.165) is 6.42 Å². The van der Waals surface area contributed by atoms with Crippen LogP contribution in [0.15, 0.2) is 36.4 Å². The fourth-order valence-electron chi connectivity index (χ4n) is 2.10. The standard InChI is InChI=1S/C15H19NS/c1-4-12-9-10-14(17-12)15(16-3)13-8-6-5-7-11(13)2/h5-10,15-16H,4H2,1-3H3. The summed E-state index contributed by atoms with van der Waals surface area (Å²) >= 11 is 1.91. The third-order valence-corrected chi connectivity index (χ3v) is 4.40. The fourth-order valence-corrected chi connectivity index (χ4v) is 3.18. The first-order valence-corrected chi connectivity index (χ1v) is 6.89. The molecule has 0 aliphatic heterocycles. The van der Waals surface area contributed by atoms with E-state index in [1.807, 2.05) is 18.4 Å². The second-order valence-corrected chi connectivity index (χ2v) is 5.44. The Kier molecular flexibility index (Phi) is 3.97. The van der Waals surface area contributed by atoms with E-state index in [9.17, 15) is 0 Å². The zero-order chi connectivity index (χ0) is 12.3. The maximum absolute atomic E-state index is 3.42. The molecule has 1 heterocycles. The predicted molar refractivity (Wildman–Crippen MR) is 75.8 cm³/mol. The van der Waals surface area contributed by atoms with E-state index in [-0.39, 0.29) is 0 Å². The molecule has 0 radical (unpaired) electrons. The summed E-state index contributed by atoms with van der Waals surface area (Å²) in [5.74, 6) is 0. The summed E-state index contributed by atoms with van der Waals surface area (Å²) in [5, 5.41) is 3.42. The van der Waals surface area contributed by atoms with Crippen LogP contribution in [0.1, 0.15) is 33.8 Å². The normalized spacial score (nSPS) is 12.6. The minimum atomic E-state index is 0.321. The summed E-state index contributed by atoms with van der Waals surface area (Å²) in [4.78, 5) is 2.85. The highest BCUT2D eigenvalue weighted by Crippen LogP contribution is 2.30. The zero-order valence-corrected chi connectivity index (χ0v) is 11.5. The highest BCUT2D eigenvalue weighted by molar-refractivity contribution is 7.12. The van der Waals surface area contributed by atoms with E-state index >= 15 is 0 Å². The van der Waals surface area contributed by atoms with Crippen LogP contribution in [-0.2, 0) is 6.42 Å². The third-order valence-electron chi connectivity index (χ3n) is 3.10. The molecule has 90 valence electrons. The Morgan fingerprint density at radius 3 is 2.53 bits per heavy atom. The molecule has 0 amide bonds. The van der Waals surface area contributed by atoms with Gasteiger partial charge in [0.05, 0.1) is 6.04 Å². The van der Waals surface area contributed by atoms with Gasteiger partial charge in [-0.05, 0) is 43.7 Å². The van der Waals surface area contributed by atoms with Gasteiger partial charge in [-0.15, -0.1) is 11.3 Å². The lowest BCUT2D eigenvalue weighted by molar-refractivity contribution is 0.699. The summed E-state index contributed by atoms with van der Waals surface area (Å²) in [6.07, 6.45) is 1.12. The van der Waals surface area contributed by atoms with Crippen molar-refractivity contribution in [3.63, 3.8) is 0 Å². The van der Waals surface area contributed by atoms with Crippen LogP contribution in [0, 0.1) is 6.92 Å². The Balaban J connectivity index is 2.36. The Morgan fingerprint density at radius 1 is 1.18 bits per heavy atom. The first-order valence-electron chi connectivity index (χ1n) is 6.07. The summed E-state index contributed by atoms with van der Waals surface area (Å²) in [6.45, 7) is 4.38. The van der Waals surface area contributed by atoms with Gasteiger partial charge in [0.25, 0.3) is 0 Å². The number of nitrogens with one attached hydrogen (secondary N) is 1. The van der Waals surface area contributed by atoms with Gasteiger partial charge >= 0.3 is 0 Å². The van der Waals surface area contributed by atoms with Crippen molar-refractivity contribution in [3.8, 4) is 0 Å². The number of hydrogen-bond donors (Lipinski definition) is 1. The Bertz CT molecular complexity index is 487. The van der Waals surface area contributed by atoms with Crippen molar-refractivity contribution >= 4 is 11.3 Å². The van der Waals surface area contributed by atoms with Crippen LogP contribution in [0.25, 0.3) is 0 Å². The smallest absolute Gasteiger partial charge is 0.0671 e. The molecule has 0 fully saturated rings. The van der Waals surface area contributed by atoms with Gasteiger partial charge in [0.15, 0.2) is 0 Å². The van der Waals surface area contributed by atoms with Crippen LogP contribution in [0.2, 0.25) is 0 Å². The van der Waals surface area contributed by atoms with Crippen molar-refractivity contribution in [2.24, 2.45) is 0 Å². The third kappa shape index (κ3) is 2.59. The van der Waals surface area contributed by atoms with Crippen LogP contribution < -0.4 is 5.32 Å². The van der Waals surface area contributed by atoms with E-state index in [2.05, 4.69) is 55.6 Å². The average molecular weight is 245 g/mol. The van der Waals surface area contributed by atoms with Crippen LogP contribution in [0.5, 0.6) is 0 Å². The molecule has 1 N–H and O–H groups in total. The molecule has 0 saturated heterocycles. The van der Waals surface area contributed by atoms with Crippen molar-refractivity contribution in [1.82, 2.24) is 5.32 Å². The van der Waals surface area contributed by atoms with Gasteiger partial charge in [-0.3, -0.25) is 0 Å². The minimum Gasteiger partial charge on any atom is -0.309 e. The van der Waals surface area contributed by atoms with Gasteiger partial charge in [0, 0.05) is 9.75 Å². The number of benzene rings is 1.